The molecule has 1 aliphatic rings. The zero-order valence-corrected chi connectivity index (χ0v) is 9.37. The quantitative estimate of drug-likeness (QED) is 0.796. The summed E-state index contributed by atoms with van der Waals surface area (Å²) in [5, 5.41) is 9.14. The summed E-state index contributed by atoms with van der Waals surface area (Å²) in [5.74, 6) is 0.973. The van der Waals surface area contributed by atoms with Gasteiger partial charge in [-0.1, -0.05) is 0 Å². The van der Waals surface area contributed by atoms with Crippen molar-refractivity contribution in [3.8, 4) is 5.75 Å². The van der Waals surface area contributed by atoms with Gasteiger partial charge in [0.25, 0.3) is 0 Å². The van der Waals surface area contributed by atoms with Crippen LogP contribution in [0.5, 0.6) is 5.75 Å². The van der Waals surface area contributed by atoms with E-state index in [0.29, 0.717) is 0 Å². The Balaban J connectivity index is 1.90. The lowest BCUT2D eigenvalue weighted by Gasteiger charge is -2.32. The second kappa shape index (κ2) is 4.90. The summed E-state index contributed by atoms with van der Waals surface area (Å²) in [6, 6.07) is 3.37. The van der Waals surface area contributed by atoms with Crippen LogP contribution in [0.15, 0.2) is 18.3 Å². The second-order valence-electron chi connectivity index (χ2n) is 4.00. The first-order valence-corrected chi connectivity index (χ1v) is 5.51. The van der Waals surface area contributed by atoms with Crippen molar-refractivity contribution in [2.24, 2.45) is 5.73 Å². The molecule has 2 heterocycles. The number of primary amides is 1. The molecule has 0 aromatic carbocycles. The molecule has 0 bridgehead atoms. The largest absolute Gasteiger partial charge is 0.506 e. The van der Waals surface area contributed by atoms with E-state index < -0.39 is 6.09 Å². The normalized spacial score (nSPS) is 16.8. The summed E-state index contributed by atoms with van der Waals surface area (Å²) in [6.45, 7) is 1.52. The van der Waals surface area contributed by atoms with Crippen molar-refractivity contribution in [3.63, 3.8) is 0 Å². The van der Waals surface area contributed by atoms with Gasteiger partial charge in [0.2, 0.25) is 0 Å². The number of ether oxygens (including phenoxy) is 1. The van der Waals surface area contributed by atoms with Gasteiger partial charge in [-0.2, -0.15) is 0 Å². The lowest BCUT2D eigenvalue weighted by Crippen LogP contribution is -2.39. The first kappa shape index (κ1) is 11.5. The van der Waals surface area contributed by atoms with Crippen LogP contribution in [0.25, 0.3) is 0 Å². The van der Waals surface area contributed by atoms with E-state index in [0.717, 1.165) is 31.7 Å². The van der Waals surface area contributed by atoms with Gasteiger partial charge >= 0.3 is 6.09 Å². The molecule has 0 unspecified atom stereocenters. The zero-order chi connectivity index (χ0) is 12.3. The van der Waals surface area contributed by atoms with E-state index in [1.807, 2.05) is 0 Å². The van der Waals surface area contributed by atoms with Crippen LogP contribution in [0.1, 0.15) is 12.8 Å². The smallest absolute Gasteiger partial charge is 0.404 e. The number of carbonyl (C=O) groups excluding carboxylic acids is 1. The maximum atomic E-state index is 10.6. The van der Waals surface area contributed by atoms with E-state index in [1.165, 1.54) is 6.20 Å². The molecule has 1 fully saturated rings. The molecule has 6 nitrogen and oxygen atoms in total. The molecule has 17 heavy (non-hydrogen) atoms. The lowest BCUT2D eigenvalue weighted by atomic mass is 10.1. The minimum atomic E-state index is -0.716. The van der Waals surface area contributed by atoms with Crippen molar-refractivity contribution in [2.45, 2.75) is 18.9 Å². The molecule has 2 rings (SSSR count). The molecule has 0 radical (unpaired) electrons. The fraction of sp³-hybridized carbons (Fsp3) is 0.455. The fourth-order valence-electron chi connectivity index (χ4n) is 1.93. The third-order valence-electron chi connectivity index (χ3n) is 2.78. The first-order valence-electron chi connectivity index (χ1n) is 5.51. The Bertz CT molecular complexity index is 385. The second-order valence-corrected chi connectivity index (χ2v) is 4.00. The molecule has 1 amide bonds. The summed E-state index contributed by atoms with van der Waals surface area (Å²) in [7, 11) is 0. The number of pyridine rings is 1. The van der Waals surface area contributed by atoms with Crippen molar-refractivity contribution >= 4 is 11.9 Å². The Kier molecular flexibility index (Phi) is 3.32. The van der Waals surface area contributed by atoms with Crippen LogP contribution in [-0.4, -0.2) is 35.4 Å². The zero-order valence-electron chi connectivity index (χ0n) is 9.37. The van der Waals surface area contributed by atoms with E-state index in [9.17, 15) is 4.79 Å². The van der Waals surface area contributed by atoms with Gasteiger partial charge in [-0.3, -0.25) is 0 Å². The van der Waals surface area contributed by atoms with E-state index in [4.69, 9.17) is 15.6 Å². The van der Waals surface area contributed by atoms with Gasteiger partial charge in [-0.15, -0.1) is 0 Å². The van der Waals surface area contributed by atoms with Crippen molar-refractivity contribution in [3.05, 3.63) is 18.3 Å². The van der Waals surface area contributed by atoms with Crippen LogP contribution in [-0.2, 0) is 4.74 Å². The monoisotopic (exact) mass is 237 g/mol. The van der Waals surface area contributed by atoms with Gasteiger partial charge in [0, 0.05) is 25.9 Å². The van der Waals surface area contributed by atoms with Crippen molar-refractivity contribution < 1.29 is 14.6 Å². The van der Waals surface area contributed by atoms with E-state index >= 15 is 0 Å². The van der Waals surface area contributed by atoms with E-state index in [-0.39, 0.29) is 11.9 Å². The molecule has 0 saturated carbocycles. The number of nitrogens with two attached hydrogens (primary N) is 1. The molecule has 0 aliphatic carbocycles. The predicted octanol–water partition coefficient (Wildman–Crippen LogP) is 0.851. The minimum Gasteiger partial charge on any atom is -0.506 e. The van der Waals surface area contributed by atoms with Gasteiger partial charge < -0.3 is 20.5 Å². The molecule has 1 aromatic rings. The highest BCUT2D eigenvalue weighted by Crippen LogP contribution is 2.20. The Morgan fingerprint density at radius 1 is 1.47 bits per heavy atom. The van der Waals surface area contributed by atoms with Gasteiger partial charge in [0.05, 0.1) is 6.20 Å². The third-order valence-corrected chi connectivity index (χ3v) is 2.78. The molecule has 6 heteroatoms. The van der Waals surface area contributed by atoms with Gasteiger partial charge in [-0.05, 0) is 12.1 Å². The number of aromatic nitrogens is 1. The van der Waals surface area contributed by atoms with Crippen molar-refractivity contribution in [1.29, 1.82) is 0 Å². The summed E-state index contributed by atoms with van der Waals surface area (Å²) in [6.07, 6.45) is 2.09. The summed E-state index contributed by atoms with van der Waals surface area (Å²) in [5.41, 5.74) is 4.97. The van der Waals surface area contributed by atoms with Crippen LogP contribution in [0, 0.1) is 0 Å². The number of nitrogens with zero attached hydrogens (tertiary/aromatic N) is 2. The molecular formula is C11H15N3O3. The van der Waals surface area contributed by atoms with Crippen LogP contribution in [0.2, 0.25) is 0 Å². The number of hydrogen-bond acceptors (Lipinski definition) is 5. The lowest BCUT2D eigenvalue weighted by molar-refractivity contribution is 0.0911. The summed E-state index contributed by atoms with van der Waals surface area (Å²) in [4.78, 5) is 16.8. The average Bonchev–Trinajstić information content (AvgIpc) is 2.30. The predicted molar refractivity (Wildman–Crippen MR) is 61.8 cm³/mol. The Morgan fingerprint density at radius 3 is 2.71 bits per heavy atom. The van der Waals surface area contributed by atoms with Crippen LogP contribution >= 0.6 is 0 Å². The number of aromatic hydroxyl groups is 1. The molecule has 1 aromatic heterocycles. The Labute approximate surface area is 99.0 Å². The third kappa shape index (κ3) is 2.99. The topological polar surface area (TPSA) is 88.7 Å². The number of anilines is 1. The SMILES string of the molecule is NC(=O)OC1CCN(c2ccc(O)cn2)CC1. The molecule has 1 aliphatic heterocycles. The number of amides is 1. The fourth-order valence-corrected chi connectivity index (χ4v) is 1.93. The maximum absolute atomic E-state index is 10.6. The van der Waals surface area contributed by atoms with Crippen LogP contribution in [0.4, 0.5) is 10.6 Å². The highest BCUT2D eigenvalue weighted by molar-refractivity contribution is 5.64. The minimum absolute atomic E-state index is 0.0964. The molecule has 0 atom stereocenters. The van der Waals surface area contributed by atoms with Crippen molar-refractivity contribution in [2.75, 3.05) is 18.0 Å². The van der Waals surface area contributed by atoms with Gasteiger partial charge in [0.1, 0.15) is 17.7 Å². The molecule has 3 N–H and O–H groups in total. The highest BCUT2D eigenvalue weighted by atomic mass is 16.6. The van der Waals surface area contributed by atoms with E-state index in [2.05, 4.69) is 9.88 Å². The Morgan fingerprint density at radius 2 is 2.18 bits per heavy atom. The summed E-state index contributed by atoms with van der Waals surface area (Å²) >= 11 is 0. The van der Waals surface area contributed by atoms with E-state index in [1.54, 1.807) is 12.1 Å². The number of piperidine rings is 1. The van der Waals surface area contributed by atoms with Gasteiger partial charge in [0.15, 0.2) is 0 Å². The first-order chi connectivity index (χ1) is 8.15. The van der Waals surface area contributed by atoms with Crippen LogP contribution in [0.3, 0.4) is 0 Å². The molecule has 0 spiro atoms. The Hall–Kier alpha value is -1.98. The number of rotatable bonds is 2. The molecule has 92 valence electrons. The molecular weight excluding hydrogens is 222 g/mol. The maximum Gasteiger partial charge on any atom is 0.404 e. The number of hydrogen-bond donors (Lipinski definition) is 2. The molecule has 1 saturated heterocycles. The van der Waals surface area contributed by atoms with Crippen molar-refractivity contribution in [1.82, 2.24) is 4.98 Å². The van der Waals surface area contributed by atoms with Gasteiger partial charge in [-0.25, -0.2) is 9.78 Å². The average molecular weight is 237 g/mol. The highest BCUT2D eigenvalue weighted by Gasteiger charge is 2.22. The van der Waals surface area contributed by atoms with Crippen LogP contribution < -0.4 is 10.6 Å². The number of carbonyl (C=O) groups is 1. The standard InChI is InChI=1S/C11H15N3O3/c12-11(16)17-9-3-5-14(6-4-9)10-2-1-8(15)7-13-10/h1-2,7,9,15H,3-6H2,(H2,12,16). The summed E-state index contributed by atoms with van der Waals surface area (Å²) < 4.78 is 4.95.